The first-order valence-electron chi connectivity index (χ1n) is 8.30. The van der Waals surface area contributed by atoms with Crippen LogP contribution in [0.3, 0.4) is 0 Å². The Morgan fingerprint density at radius 3 is 2.52 bits per heavy atom. The second-order valence-electron chi connectivity index (χ2n) is 5.96. The number of nitrogens with two attached hydrogens (primary N) is 1. The Balaban J connectivity index is 2.07. The van der Waals surface area contributed by atoms with Crippen LogP contribution in [-0.4, -0.2) is 19.3 Å². The number of halogens is 2. The number of carbonyl (C=O) groups is 1. The van der Waals surface area contributed by atoms with Gasteiger partial charge in [-0.05, 0) is 42.5 Å². The van der Waals surface area contributed by atoms with E-state index < -0.39 is 34.1 Å². The van der Waals surface area contributed by atoms with Gasteiger partial charge in [-0.2, -0.15) is 0 Å². The van der Waals surface area contributed by atoms with Crippen molar-refractivity contribution < 1.29 is 22.0 Å². The number of aromatic nitrogens is 1. The molecular formula is C19H16F2N4O3S. The molecule has 10 heteroatoms. The molecule has 0 unspecified atom stereocenters. The first-order chi connectivity index (χ1) is 13.8. The number of pyridine rings is 1. The maximum absolute atomic E-state index is 14.6. The van der Waals surface area contributed by atoms with Crippen molar-refractivity contribution in [2.45, 2.75) is 11.4 Å². The molecule has 1 amide bonds. The van der Waals surface area contributed by atoms with Gasteiger partial charge in [0.05, 0.1) is 12.2 Å². The SMILES string of the molecule is NNC(=O)c1ccc(CN(c2cccc(F)c2)S(=O)(=O)c2cccnc2)c(F)c1. The summed E-state index contributed by atoms with van der Waals surface area (Å²) in [6, 6.07) is 11.2. The third-order valence-electron chi connectivity index (χ3n) is 4.08. The Hall–Kier alpha value is -3.37. The summed E-state index contributed by atoms with van der Waals surface area (Å²) in [4.78, 5) is 15.2. The Morgan fingerprint density at radius 1 is 1.10 bits per heavy atom. The molecule has 1 aromatic heterocycles. The van der Waals surface area contributed by atoms with E-state index in [1.165, 1.54) is 48.7 Å². The zero-order valence-electron chi connectivity index (χ0n) is 14.9. The average molecular weight is 418 g/mol. The lowest BCUT2D eigenvalue weighted by atomic mass is 10.1. The van der Waals surface area contributed by atoms with Gasteiger partial charge < -0.3 is 0 Å². The molecule has 3 rings (SSSR count). The van der Waals surface area contributed by atoms with Crippen LogP contribution in [-0.2, 0) is 16.6 Å². The number of sulfonamides is 1. The van der Waals surface area contributed by atoms with Crippen molar-refractivity contribution >= 4 is 21.6 Å². The zero-order chi connectivity index (χ0) is 21.0. The lowest BCUT2D eigenvalue weighted by molar-refractivity contribution is 0.0953. The fourth-order valence-corrected chi connectivity index (χ4v) is 4.03. The number of benzene rings is 2. The van der Waals surface area contributed by atoms with Crippen LogP contribution in [0.2, 0.25) is 0 Å². The van der Waals surface area contributed by atoms with Crippen LogP contribution in [0.5, 0.6) is 0 Å². The smallest absolute Gasteiger partial charge is 0.266 e. The Kier molecular flexibility index (Phi) is 5.85. The summed E-state index contributed by atoms with van der Waals surface area (Å²) >= 11 is 0. The molecule has 0 aliphatic carbocycles. The standard InChI is InChI=1S/C19H16F2N4O3S/c20-15-3-1-4-16(10-15)25(29(27,28)17-5-2-8-23-11-17)12-14-7-6-13(9-18(14)21)19(26)24-22/h1-11H,12,22H2,(H,24,26). The van der Waals surface area contributed by atoms with E-state index in [2.05, 4.69) is 4.98 Å². The fourth-order valence-electron chi connectivity index (χ4n) is 2.63. The summed E-state index contributed by atoms with van der Waals surface area (Å²) < 4.78 is 55.5. The third-order valence-corrected chi connectivity index (χ3v) is 5.84. The molecule has 0 radical (unpaired) electrons. The summed E-state index contributed by atoms with van der Waals surface area (Å²) in [5.41, 5.74) is 1.85. The van der Waals surface area contributed by atoms with Gasteiger partial charge in [-0.15, -0.1) is 0 Å². The number of nitrogen functional groups attached to an aromatic ring is 1. The first-order valence-corrected chi connectivity index (χ1v) is 9.74. The van der Waals surface area contributed by atoms with E-state index in [0.717, 1.165) is 22.6 Å². The highest BCUT2D eigenvalue weighted by atomic mass is 32.2. The summed E-state index contributed by atoms with van der Waals surface area (Å²) in [6.07, 6.45) is 2.55. The van der Waals surface area contributed by atoms with Crippen molar-refractivity contribution in [3.8, 4) is 0 Å². The minimum Gasteiger partial charge on any atom is -0.290 e. The van der Waals surface area contributed by atoms with Crippen molar-refractivity contribution in [2.24, 2.45) is 5.84 Å². The molecule has 0 aliphatic rings. The van der Waals surface area contributed by atoms with Crippen LogP contribution >= 0.6 is 0 Å². The first kappa shape index (κ1) is 20.4. The highest BCUT2D eigenvalue weighted by Crippen LogP contribution is 2.27. The number of nitrogens with zero attached hydrogens (tertiary/aromatic N) is 2. The lowest BCUT2D eigenvalue weighted by Crippen LogP contribution is -2.32. The van der Waals surface area contributed by atoms with E-state index in [-0.39, 0.29) is 21.7 Å². The van der Waals surface area contributed by atoms with E-state index in [0.29, 0.717) is 0 Å². The third kappa shape index (κ3) is 4.39. The monoisotopic (exact) mass is 418 g/mol. The number of carbonyl (C=O) groups excluding carboxylic acids is 1. The van der Waals surface area contributed by atoms with Crippen molar-refractivity contribution in [1.82, 2.24) is 10.4 Å². The number of hydrogen-bond donors (Lipinski definition) is 2. The maximum atomic E-state index is 14.6. The van der Waals surface area contributed by atoms with Crippen LogP contribution in [0.25, 0.3) is 0 Å². The second kappa shape index (κ2) is 8.33. The maximum Gasteiger partial charge on any atom is 0.266 e. The summed E-state index contributed by atoms with van der Waals surface area (Å²) in [5, 5.41) is 0. The van der Waals surface area contributed by atoms with Crippen LogP contribution in [0, 0.1) is 11.6 Å². The van der Waals surface area contributed by atoms with Gasteiger partial charge in [0.1, 0.15) is 16.5 Å². The molecule has 0 bridgehead atoms. The van der Waals surface area contributed by atoms with Gasteiger partial charge in [0.15, 0.2) is 0 Å². The topological polar surface area (TPSA) is 105 Å². The van der Waals surface area contributed by atoms with Crippen molar-refractivity contribution in [3.05, 3.63) is 89.8 Å². The second-order valence-corrected chi connectivity index (χ2v) is 7.82. The van der Waals surface area contributed by atoms with Gasteiger partial charge in [-0.25, -0.2) is 23.0 Å². The molecule has 3 N–H and O–H groups in total. The molecular weight excluding hydrogens is 402 g/mol. The Bertz CT molecular complexity index is 1140. The normalized spacial score (nSPS) is 11.1. The van der Waals surface area contributed by atoms with Gasteiger partial charge in [-0.3, -0.25) is 19.5 Å². The van der Waals surface area contributed by atoms with E-state index in [4.69, 9.17) is 5.84 Å². The molecule has 7 nitrogen and oxygen atoms in total. The molecule has 150 valence electrons. The summed E-state index contributed by atoms with van der Waals surface area (Å²) in [5.74, 6) is 2.88. The number of rotatable bonds is 6. The predicted molar refractivity (Wildman–Crippen MR) is 102 cm³/mol. The molecule has 0 fully saturated rings. The van der Waals surface area contributed by atoms with E-state index in [1.807, 2.05) is 5.43 Å². The van der Waals surface area contributed by atoms with Gasteiger partial charge >= 0.3 is 0 Å². The average Bonchev–Trinajstić information content (AvgIpc) is 2.72. The molecule has 1 heterocycles. The van der Waals surface area contributed by atoms with Gasteiger partial charge in [-0.1, -0.05) is 12.1 Å². The van der Waals surface area contributed by atoms with Gasteiger partial charge in [0.25, 0.3) is 15.9 Å². The molecule has 0 saturated carbocycles. The zero-order valence-corrected chi connectivity index (χ0v) is 15.7. The van der Waals surface area contributed by atoms with E-state index in [1.54, 1.807) is 0 Å². The van der Waals surface area contributed by atoms with Gasteiger partial charge in [0, 0.05) is 23.5 Å². The lowest BCUT2D eigenvalue weighted by Gasteiger charge is -2.25. The van der Waals surface area contributed by atoms with E-state index >= 15 is 0 Å². The largest absolute Gasteiger partial charge is 0.290 e. The molecule has 29 heavy (non-hydrogen) atoms. The van der Waals surface area contributed by atoms with Crippen LogP contribution < -0.4 is 15.6 Å². The highest BCUT2D eigenvalue weighted by molar-refractivity contribution is 7.92. The fraction of sp³-hybridized carbons (Fsp3) is 0.0526. The molecule has 0 atom stereocenters. The van der Waals surface area contributed by atoms with Crippen molar-refractivity contribution in [1.29, 1.82) is 0 Å². The Labute approximate surface area is 165 Å². The quantitative estimate of drug-likeness (QED) is 0.363. The molecule has 0 aliphatic heterocycles. The molecule has 3 aromatic rings. The Morgan fingerprint density at radius 2 is 1.90 bits per heavy atom. The number of anilines is 1. The molecule has 0 spiro atoms. The number of hydrazine groups is 1. The summed E-state index contributed by atoms with van der Waals surface area (Å²) in [6.45, 7) is -0.433. The number of hydrogen-bond acceptors (Lipinski definition) is 5. The molecule has 2 aromatic carbocycles. The predicted octanol–water partition coefficient (Wildman–Crippen LogP) is 2.36. The van der Waals surface area contributed by atoms with Crippen molar-refractivity contribution in [2.75, 3.05) is 4.31 Å². The highest BCUT2D eigenvalue weighted by Gasteiger charge is 2.27. The molecule has 0 saturated heterocycles. The minimum atomic E-state index is -4.18. The van der Waals surface area contributed by atoms with Crippen molar-refractivity contribution in [3.63, 3.8) is 0 Å². The number of nitrogens with one attached hydrogen (secondary N) is 1. The summed E-state index contributed by atoms with van der Waals surface area (Å²) in [7, 11) is -4.18. The minimum absolute atomic E-state index is 0.0111. The van der Waals surface area contributed by atoms with E-state index in [9.17, 15) is 22.0 Å². The van der Waals surface area contributed by atoms with Crippen LogP contribution in [0.15, 0.2) is 71.9 Å². The van der Waals surface area contributed by atoms with Gasteiger partial charge in [0.2, 0.25) is 0 Å². The van der Waals surface area contributed by atoms with Crippen LogP contribution in [0.4, 0.5) is 14.5 Å². The number of amides is 1. The van der Waals surface area contributed by atoms with Crippen LogP contribution in [0.1, 0.15) is 15.9 Å².